The van der Waals surface area contributed by atoms with Crippen LogP contribution in [-0.2, 0) is 0 Å². The van der Waals surface area contributed by atoms with E-state index in [-0.39, 0.29) is 0 Å². The van der Waals surface area contributed by atoms with Crippen molar-refractivity contribution in [1.82, 2.24) is 5.32 Å². The molecular weight excluding hydrogens is 218 g/mol. The van der Waals surface area contributed by atoms with Crippen molar-refractivity contribution in [3.05, 3.63) is 22.8 Å². The molecule has 104 valence electrons. The first-order chi connectivity index (χ1) is 8.33. The van der Waals surface area contributed by atoms with E-state index in [1.165, 1.54) is 24.8 Å². The van der Waals surface area contributed by atoms with Crippen LogP contribution in [0.15, 0.2) is 22.8 Å². The molecule has 0 unspecified atom stereocenters. The molecule has 0 aromatic heterocycles. The van der Waals surface area contributed by atoms with Crippen LogP contribution in [-0.4, -0.2) is 12.6 Å². The zero-order valence-corrected chi connectivity index (χ0v) is 13.2. The molecule has 0 bridgehead atoms. The summed E-state index contributed by atoms with van der Waals surface area (Å²) in [5.41, 5.74) is 5.18. The van der Waals surface area contributed by atoms with E-state index in [4.69, 9.17) is 0 Å². The van der Waals surface area contributed by atoms with Gasteiger partial charge in [-0.05, 0) is 44.9 Å². The van der Waals surface area contributed by atoms with Gasteiger partial charge in [0.25, 0.3) is 0 Å². The third-order valence-corrected chi connectivity index (χ3v) is 4.13. The standard InChI is InChI=1S/C17H31N/c1-13(2)18-12-14(3)9-10-16-15(4)8-7-11-17(16,5)6/h9,13,18H,7-8,10-12H2,1-6H3/b14-9-. The van der Waals surface area contributed by atoms with Crippen LogP contribution in [0.5, 0.6) is 0 Å². The Labute approximate surface area is 114 Å². The topological polar surface area (TPSA) is 12.0 Å². The average Bonchev–Trinajstić information content (AvgIpc) is 2.24. The number of hydrogen-bond donors (Lipinski definition) is 1. The Hall–Kier alpha value is -0.560. The molecule has 0 amide bonds. The summed E-state index contributed by atoms with van der Waals surface area (Å²) < 4.78 is 0. The molecule has 1 aliphatic rings. The molecule has 1 N–H and O–H groups in total. The Balaban J connectivity index is 2.63. The summed E-state index contributed by atoms with van der Waals surface area (Å²) in [5, 5.41) is 3.48. The maximum Gasteiger partial charge on any atom is 0.0164 e. The lowest BCUT2D eigenvalue weighted by molar-refractivity contribution is 0.360. The first kappa shape index (κ1) is 15.5. The largest absolute Gasteiger partial charge is 0.311 e. The van der Waals surface area contributed by atoms with E-state index in [0.29, 0.717) is 11.5 Å². The molecule has 0 atom stereocenters. The number of allylic oxidation sites excluding steroid dienone is 3. The van der Waals surface area contributed by atoms with Gasteiger partial charge in [-0.3, -0.25) is 0 Å². The minimum Gasteiger partial charge on any atom is -0.311 e. The van der Waals surface area contributed by atoms with Crippen LogP contribution < -0.4 is 5.32 Å². The van der Waals surface area contributed by atoms with Gasteiger partial charge in [-0.15, -0.1) is 0 Å². The first-order valence-electron chi connectivity index (χ1n) is 7.41. The van der Waals surface area contributed by atoms with E-state index in [1.807, 2.05) is 0 Å². The Kier molecular flexibility index (Phi) is 5.65. The van der Waals surface area contributed by atoms with E-state index >= 15 is 0 Å². The molecule has 1 heteroatoms. The van der Waals surface area contributed by atoms with E-state index in [0.717, 1.165) is 13.0 Å². The molecule has 0 aliphatic heterocycles. The quantitative estimate of drug-likeness (QED) is 0.687. The summed E-state index contributed by atoms with van der Waals surface area (Å²) in [7, 11) is 0. The van der Waals surface area contributed by atoms with Crippen LogP contribution in [0.4, 0.5) is 0 Å². The van der Waals surface area contributed by atoms with Gasteiger partial charge in [0.2, 0.25) is 0 Å². The lowest BCUT2D eigenvalue weighted by Gasteiger charge is -2.34. The highest BCUT2D eigenvalue weighted by Crippen LogP contribution is 2.41. The van der Waals surface area contributed by atoms with Gasteiger partial charge in [-0.1, -0.05) is 50.5 Å². The van der Waals surface area contributed by atoms with Crippen molar-refractivity contribution in [2.45, 2.75) is 73.3 Å². The van der Waals surface area contributed by atoms with Crippen molar-refractivity contribution in [1.29, 1.82) is 0 Å². The van der Waals surface area contributed by atoms with Crippen molar-refractivity contribution in [2.24, 2.45) is 5.41 Å². The van der Waals surface area contributed by atoms with Crippen LogP contribution in [0.2, 0.25) is 0 Å². The molecule has 1 rings (SSSR count). The van der Waals surface area contributed by atoms with E-state index in [9.17, 15) is 0 Å². The third kappa shape index (κ3) is 4.61. The Morgan fingerprint density at radius 1 is 1.39 bits per heavy atom. The molecule has 0 aromatic carbocycles. The monoisotopic (exact) mass is 249 g/mol. The SMILES string of the molecule is CC1=C(C/C=C(/C)CNC(C)C)C(C)(C)CCC1. The van der Waals surface area contributed by atoms with E-state index in [2.05, 4.69) is 52.9 Å². The van der Waals surface area contributed by atoms with Gasteiger partial charge in [-0.25, -0.2) is 0 Å². The molecule has 0 spiro atoms. The van der Waals surface area contributed by atoms with Gasteiger partial charge < -0.3 is 5.32 Å². The number of rotatable bonds is 5. The lowest BCUT2D eigenvalue weighted by Crippen LogP contribution is -2.24. The summed E-state index contributed by atoms with van der Waals surface area (Å²) in [6.07, 6.45) is 7.57. The smallest absolute Gasteiger partial charge is 0.0164 e. The van der Waals surface area contributed by atoms with Gasteiger partial charge in [0.1, 0.15) is 0 Å². The number of hydrogen-bond acceptors (Lipinski definition) is 1. The molecule has 0 saturated heterocycles. The van der Waals surface area contributed by atoms with Gasteiger partial charge in [-0.2, -0.15) is 0 Å². The molecule has 18 heavy (non-hydrogen) atoms. The van der Waals surface area contributed by atoms with Crippen molar-refractivity contribution in [2.75, 3.05) is 6.54 Å². The summed E-state index contributed by atoms with van der Waals surface area (Å²) in [4.78, 5) is 0. The van der Waals surface area contributed by atoms with Gasteiger partial charge >= 0.3 is 0 Å². The van der Waals surface area contributed by atoms with Gasteiger partial charge in [0.05, 0.1) is 0 Å². The second kappa shape index (κ2) is 6.56. The highest BCUT2D eigenvalue weighted by Gasteiger charge is 2.27. The maximum atomic E-state index is 3.48. The van der Waals surface area contributed by atoms with Crippen LogP contribution in [0, 0.1) is 5.41 Å². The Morgan fingerprint density at radius 3 is 2.61 bits per heavy atom. The van der Waals surface area contributed by atoms with Crippen LogP contribution in [0.3, 0.4) is 0 Å². The minimum atomic E-state index is 0.407. The van der Waals surface area contributed by atoms with Crippen molar-refractivity contribution in [3.8, 4) is 0 Å². The zero-order chi connectivity index (χ0) is 13.8. The van der Waals surface area contributed by atoms with Crippen LogP contribution in [0.25, 0.3) is 0 Å². The Bertz CT molecular complexity index is 332. The molecule has 1 nitrogen and oxygen atoms in total. The van der Waals surface area contributed by atoms with Crippen LogP contribution in [0.1, 0.15) is 67.2 Å². The third-order valence-electron chi connectivity index (χ3n) is 4.13. The molecular formula is C17H31N. The maximum absolute atomic E-state index is 3.48. The normalized spacial score (nSPS) is 20.7. The lowest BCUT2D eigenvalue weighted by atomic mass is 9.71. The minimum absolute atomic E-state index is 0.407. The van der Waals surface area contributed by atoms with Crippen molar-refractivity contribution in [3.63, 3.8) is 0 Å². The molecule has 0 radical (unpaired) electrons. The second-order valence-corrected chi connectivity index (χ2v) is 6.79. The molecule has 0 heterocycles. The fourth-order valence-electron chi connectivity index (χ4n) is 2.84. The molecule has 0 aromatic rings. The van der Waals surface area contributed by atoms with E-state index < -0.39 is 0 Å². The predicted octanol–water partition coefficient (Wildman–Crippen LogP) is 4.85. The van der Waals surface area contributed by atoms with E-state index in [1.54, 1.807) is 11.1 Å². The number of nitrogens with one attached hydrogen (secondary N) is 1. The second-order valence-electron chi connectivity index (χ2n) is 6.79. The summed E-state index contributed by atoms with van der Waals surface area (Å²) in [6, 6.07) is 0.570. The Morgan fingerprint density at radius 2 is 2.06 bits per heavy atom. The summed E-state index contributed by atoms with van der Waals surface area (Å²) in [5.74, 6) is 0. The zero-order valence-electron chi connectivity index (χ0n) is 13.2. The van der Waals surface area contributed by atoms with Gasteiger partial charge in [0.15, 0.2) is 0 Å². The van der Waals surface area contributed by atoms with Crippen LogP contribution >= 0.6 is 0 Å². The first-order valence-corrected chi connectivity index (χ1v) is 7.41. The molecule has 0 saturated carbocycles. The highest BCUT2D eigenvalue weighted by atomic mass is 14.9. The molecule has 1 aliphatic carbocycles. The van der Waals surface area contributed by atoms with Crippen molar-refractivity contribution < 1.29 is 0 Å². The average molecular weight is 249 g/mol. The fourth-order valence-corrected chi connectivity index (χ4v) is 2.84. The fraction of sp³-hybridized carbons (Fsp3) is 0.765. The highest BCUT2D eigenvalue weighted by molar-refractivity contribution is 5.25. The molecule has 0 fully saturated rings. The predicted molar refractivity (Wildman–Crippen MR) is 81.8 cm³/mol. The summed E-state index contributed by atoms with van der Waals surface area (Å²) >= 11 is 0. The summed E-state index contributed by atoms with van der Waals surface area (Å²) in [6.45, 7) is 14.8. The van der Waals surface area contributed by atoms with Crippen molar-refractivity contribution >= 4 is 0 Å². The van der Waals surface area contributed by atoms with Gasteiger partial charge in [0, 0.05) is 12.6 Å².